The van der Waals surface area contributed by atoms with E-state index in [0.717, 1.165) is 5.56 Å². The maximum atomic E-state index is 9.57. The van der Waals surface area contributed by atoms with Gasteiger partial charge in [-0.25, -0.2) is 9.97 Å². The highest BCUT2D eigenvalue weighted by Gasteiger charge is 2.14. The smallest absolute Gasteiger partial charge is 0.201 e. The van der Waals surface area contributed by atoms with Crippen LogP contribution >= 0.6 is 11.6 Å². The molecule has 23 heavy (non-hydrogen) atoms. The molecule has 0 saturated heterocycles. The van der Waals surface area contributed by atoms with Gasteiger partial charge in [-0.15, -0.1) is 0 Å². The zero-order chi connectivity index (χ0) is 16.8. The fourth-order valence-electron chi connectivity index (χ4n) is 1.92. The third-order valence-electron chi connectivity index (χ3n) is 3.17. The first-order valence-electron chi connectivity index (χ1n) is 6.77. The number of methoxy groups -OCH3 is 3. The van der Waals surface area contributed by atoms with Crippen molar-refractivity contribution in [3.05, 3.63) is 40.8 Å². The summed E-state index contributed by atoms with van der Waals surface area (Å²) < 4.78 is 15.3. The van der Waals surface area contributed by atoms with Crippen molar-refractivity contribution in [2.75, 3.05) is 26.6 Å². The van der Waals surface area contributed by atoms with Crippen LogP contribution in [0.15, 0.2) is 24.4 Å². The summed E-state index contributed by atoms with van der Waals surface area (Å²) in [6.45, 7) is 0.463. The maximum absolute atomic E-state index is 9.57. The second-order valence-electron chi connectivity index (χ2n) is 4.55. The number of nitrogens with one attached hydrogen (secondary N) is 1. The molecule has 0 aliphatic carbocycles. The lowest BCUT2D eigenvalue weighted by Crippen LogP contribution is -2.08. The second-order valence-corrected chi connectivity index (χ2v) is 4.91. The second kappa shape index (κ2) is 7.96. The molecule has 2 rings (SSSR count). The van der Waals surface area contributed by atoms with Gasteiger partial charge in [0.15, 0.2) is 5.15 Å². The molecule has 0 aliphatic heterocycles. The lowest BCUT2D eigenvalue weighted by atomic mass is 10.2. The van der Waals surface area contributed by atoms with Crippen LogP contribution in [0.5, 0.6) is 11.5 Å². The van der Waals surface area contributed by atoms with Gasteiger partial charge >= 0.3 is 0 Å². The minimum absolute atomic E-state index is 0.0750. The molecule has 0 radical (unpaired) electrons. The normalized spacial score (nSPS) is 11.9. The highest BCUT2D eigenvalue weighted by molar-refractivity contribution is 6.30. The highest BCUT2D eigenvalue weighted by atomic mass is 35.5. The highest BCUT2D eigenvalue weighted by Crippen LogP contribution is 2.26. The number of nitrogens with zero attached hydrogens (tertiary/aromatic N) is 2. The number of anilines is 1. The summed E-state index contributed by atoms with van der Waals surface area (Å²) in [5, 5.41) is 12.7. The predicted octanol–water partition coefficient (Wildman–Crippen LogP) is 2.40. The number of hydrogen-bond donors (Lipinski definition) is 2. The van der Waals surface area contributed by atoms with Crippen molar-refractivity contribution in [2.45, 2.75) is 12.8 Å². The average Bonchev–Trinajstić information content (AvgIpc) is 2.59. The minimum Gasteiger partial charge on any atom is -0.497 e. The summed E-state index contributed by atoms with van der Waals surface area (Å²) in [7, 11) is 4.54. The van der Waals surface area contributed by atoms with Crippen LogP contribution in [0.25, 0.3) is 0 Å². The fraction of sp³-hybridized carbons (Fsp3) is 0.333. The molecule has 0 fully saturated rings. The van der Waals surface area contributed by atoms with Crippen LogP contribution in [-0.2, 0) is 11.3 Å². The number of hydrogen-bond acceptors (Lipinski definition) is 7. The molecule has 1 aromatic heterocycles. The first kappa shape index (κ1) is 17.3. The molecule has 1 heterocycles. The van der Waals surface area contributed by atoms with Crippen LogP contribution < -0.4 is 14.8 Å². The van der Waals surface area contributed by atoms with Crippen LogP contribution in [0.3, 0.4) is 0 Å². The van der Waals surface area contributed by atoms with Crippen molar-refractivity contribution in [1.29, 1.82) is 0 Å². The molecule has 0 amide bonds. The summed E-state index contributed by atoms with van der Waals surface area (Å²) in [5.74, 6) is 1.88. The quantitative estimate of drug-likeness (QED) is 0.749. The third-order valence-corrected chi connectivity index (χ3v) is 3.45. The van der Waals surface area contributed by atoms with Crippen molar-refractivity contribution in [1.82, 2.24) is 9.97 Å². The first-order valence-corrected chi connectivity index (χ1v) is 7.15. The number of benzene rings is 1. The molecular formula is C15H18ClN3O4. The largest absolute Gasteiger partial charge is 0.497 e. The lowest BCUT2D eigenvalue weighted by molar-refractivity contribution is -0.0799. The van der Waals surface area contributed by atoms with Crippen molar-refractivity contribution in [2.24, 2.45) is 0 Å². The average molecular weight is 340 g/mol. The van der Waals surface area contributed by atoms with Gasteiger partial charge in [0.25, 0.3) is 0 Å². The van der Waals surface area contributed by atoms with Crippen LogP contribution in [0, 0.1) is 0 Å². The Morgan fingerprint density at radius 2 is 2.04 bits per heavy atom. The Morgan fingerprint density at radius 3 is 2.65 bits per heavy atom. The third kappa shape index (κ3) is 4.22. The Labute approximate surface area is 139 Å². The molecule has 2 aromatic rings. The molecule has 1 atom stereocenters. The van der Waals surface area contributed by atoms with Crippen LogP contribution in [-0.4, -0.2) is 36.4 Å². The van der Waals surface area contributed by atoms with Crippen LogP contribution in [0.2, 0.25) is 5.15 Å². The number of aromatic nitrogens is 2. The van der Waals surface area contributed by atoms with Gasteiger partial charge < -0.3 is 24.6 Å². The van der Waals surface area contributed by atoms with E-state index in [2.05, 4.69) is 15.3 Å². The Morgan fingerprint density at radius 1 is 1.26 bits per heavy atom. The van der Waals surface area contributed by atoms with E-state index in [1.165, 1.54) is 13.3 Å². The molecule has 0 bridgehead atoms. The zero-order valence-electron chi connectivity index (χ0n) is 13.0. The van der Waals surface area contributed by atoms with Crippen molar-refractivity contribution >= 4 is 17.4 Å². The van der Waals surface area contributed by atoms with Gasteiger partial charge in [-0.3, -0.25) is 0 Å². The maximum Gasteiger partial charge on any atom is 0.201 e. The van der Waals surface area contributed by atoms with E-state index in [4.69, 9.17) is 25.8 Å². The van der Waals surface area contributed by atoms with E-state index in [9.17, 15) is 5.11 Å². The molecule has 7 nitrogen and oxygen atoms in total. The lowest BCUT2D eigenvalue weighted by Gasteiger charge is -2.13. The molecular weight excluding hydrogens is 322 g/mol. The van der Waals surface area contributed by atoms with E-state index >= 15 is 0 Å². The number of rotatable bonds is 7. The summed E-state index contributed by atoms with van der Waals surface area (Å²) in [6.07, 6.45) is 0.269. The topological polar surface area (TPSA) is 85.7 Å². The van der Waals surface area contributed by atoms with Crippen LogP contribution in [0.1, 0.15) is 17.5 Å². The SMILES string of the molecule is COc1ccc(CNc2cnc(C(O)OC)c(Cl)n2)c(OC)c1. The number of halogens is 1. The summed E-state index contributed by atoms with van der Waals surface area (Å²) >= 11 is 5.99. The fourth-order valence-corrected chi connectivity index (χ4v) is 2.16. The molecule has 1 unspecified atom stereocenters. The summed E-state index contributed by atoms with van der Waals surface area (Å²) in [4.78, 5) is 8.18. The van der Waals surface area contributed by atoms with E-state index in [1.807, 2.05) is 12.1 Å². The molecule has 2 N–H and O–H groups in total. The Bertz CT molecular complexity index is 669. The van der Waals surface area contributed by atoms with Gasteiger partial charge in [0.05, 0.1) is 20.4 Å². The van der Waals surface area contributed by atoms with Gasteiger partial charge in [-0.1, -0.05) is 11.6 Å². The number of aliphatic hydroxyl groups is 1. The summed E-state index contributed by atoms with van der Waals surface area (Å²) in [6, 6.07) is 5.53. The first-order chi connectivity index (χ1) is 11.1. The molecule has 0 aliphatic rings. The number of ether oxygens (including phenoxy) is 3. The molecule has 1 aromatic carbocycles. The molecule has 0 spiro atoms. The Balaban J connectivity index is 2.10. The van der Waals surface area contributed by atoms with E-state index in [1.54, 1.807) is 20.3 Å². The molecule has 124 valence electrons. The molecule has 8 heteroatoms. The van der Waals surface area contributed by atoms with E-state index in [-0.39, 0.29) is 10.8 Å². The van der Waals surface area contributed by atoms with Gasteiger partial charge in [-0.2, -0.15) is 0 Å². The summed E-state index contributed by atoms with van der Waals surface area (Å²) in [5.41, 5.74) is 1.09. The van der Waals surface area contributed by atoms with Gasteiger partial charge in [-0.05, 0) is 12.1 Å². The van der Waals surface area contributed by atoms with Crippen LogP contribution in [0.4, 0.5) is 5.82 Å². The molecule has 0 saturated carbocycles. The number of aliphatic hydroxyl groups excluding tert-OH is 1. The van der Waals surface area contributed by atoms with Gasteiger partial charge in [0.2, 0.25) is 6.29 Å². The van der Waals surface area contributed by atoms with Crippen molar-refractivity contribution < 1.29 is 19.3 Å². The van der Waals surface area contributed by atoms with Crippen molar-refractivity contribution in [3.8, 4) is 11.5 Å². The van der Waals surface area contributed by atoms with Gasteiger partial charge in [0, 0.05) is 25.3 Å². The standard InChI is InChI=1S/C15H18ClN3O4/c1-21-10-5-4-9(11(6-10)22-2)7-17-12-8-18-13(14(16)19-12)15(20)23-3/h4-6,8,15,20H,7H2,1-3H3,(H,17,19). The predicted molar refractivity (Wildman–Crippen MR) is 85.9 cm³/mol. The minimum atomic E-state index is -1.20. The Kier molecular flexibility index (Phi) is 5.97. The Hall–Kier alpha value is -2.09. The van der Waals surface area contributed by atoms with Gasteiger partial charge in [0.1, 0.15) is 23.0 Å². The van der Waals surface area contributed by atoms with E-state index in [0.29, 0.717) is 23.9 Å². The zero-order valence-corrected chi connectivity index (χ0v) is 13.8. The van der Waals surface area contributed by atoms with E-state index < -0.39 is 6.29 Å². The monoisotopic (exact) mass is 339 g/mol. The van der Waals surface area contributed by atoms with Crippen molar-refractivity contribution in [3.63, 3.8) is 0 Å².